The van der Waals surface area contributed by atoms with E-state index >= 15 is 0 Å². The van der Waals surface area contributed by atoms with Crippen molar-refractivity contribution >= 4 is 10.9 Å². The summed E-state index contributed by atoms with van der Waals surface area (Å²) < 4.78 is 0. The van der Waals surface area contributed by atoms with Gasteiger partial charge >= 0.3 is 0 Å². The Morgan fingerprint density at radius 3 is 2.70 bits per heavy atom. The summed E-state index contributed by atoms with van der Waals surface area (Å²) in [7, 11) is 0. The first-order valence-corrected chi connectivity index (χ1v) is 8.27. The van der Waals surface area contributed by atoms with Crippen LogP contribution in [0.3, 0.4) is 0 Å². The standard InChI is InChI=1S/C18H24N2/c1-2-7-13(8-3-1)19-17-12-6-10-15-14-9-4-5-11-16(14)20-18(15)17/h4-5,9,11,13,17,19-20H,1-3,6-8,10,12H2. The normalized spacial score (nSPS) is 23.9. The largest absolute Gasteiger partial charge is 0.357 e. The van der Waals surface area contributed by atoms with Crippen molar-refractivity contribution in [1.29, 1.82) is 0 Å². The zero-order valence-electron chi connectivity index (χ0n) is 12.1. The molecule has 1 unspecified atom stereocenters. The Hall–Kier alpha value is -1.28. The van der Waals surface area contributed by atoms with Crippen molar-refractivity contribution in [1.82, 2.24) is 10.3 Å². The number of aryl methyl sites for hydroxylation is 1. The van der Waals surface area contributed by atoms with E-state index in [4.69, 9.17) is 0 Å². The molecule has 4 rings (SSSR count). The summed E-state index contributed by atoms with van der Waals surface area (Å²) >= 11 is 0. The highest BCUT2D eigenvalue weighted by Gasteiger charge is 2.26. The van der Waals surface area contributed by atoms with Crippen LogP contribution >= 0.6 is 0 Å². The van der Waals surface area contributed by atoms with E-state index in [1.807, 2.05) is 0 Å². The zero-order valence-corrected chi connectivity index (χ0v) is 12.1. The van der Waals surface area contributed by atoms with E-state index in [9.17, 15) is 0 Å². The number of hydrogen-bond acceptors (Lipinski definition) is 1. The fraction of sp³-hybridized carbons (Fsp3) is 0.556. The van der Waals surface area contributed by atoms with Gasteiger partial charge in [0.25, 0.3) is 0 Å². The van der Waals surface area contributed by atoms with E-state index in [0.717, 1.165) is 6.04 Å². The minimum atomic E-state index is 0.550. The zero-order chi connectivity index (χ0) is 13.4. The fourth-order valence-corrected chi connectivity index (χ4v) is 4.14. The average molecular weight is 268 g/mol. The Morgan fingerprint density at radius 1 is 0.950 bits per heavy atom. The van der Waals surface area contributed by atoms with Crippen LogP contribution in [-0.4, -0.2) is 11.0 Å². The van der Waals surface area contributed by atoms with Crippen LogP contribution in [0.15, 0.2) is 24.3 Å². The van der Waals surface area contributed by atoms with Crippen LogP contribution in [0, 0.1) is 0 Å². The lowest BCUT2D eigenvalue weighted by Crippen LogP contribution is -2.36. The van der Waals surface area contributed by atoms with Crippen molar-refractivity contribution in [2.24, 2.45) is 0 Å². The number of aromatic nitrogens is 1. The lowest BCUT2D eigenvalue weighted by molar-refractivity contribution is 0.318. The Bertz CT molecular complexity index is 592. The van der Waals surface area contributed by atoms with Gasteiger partial charge in [-0.2, -0.15) is 0 Å². The van der Waals surface area contributed by atoms with Gasteiger partial charge in [0.1, 0.15) is 0 Å². The molecular formula is C18H24N2. The number of benzene rings is 1. The molecule has 20 heavy (non-hydrogen) atoms. The molecule has 0 aliphatic heterocycles. The van der Waals surface area contributed by atoms with Gasteiger partial charge in [-0.05, 0) is 43.7 Å². The lowest BCUT2D eigenvalue weighted by atomic mass is 9.89. The molecule has 1 saturated carbocycles. The van der Waals surface area contributed by atoms with Gasteiger partial charge in [0.2, 0.25) is 0 Å². The van der Waals surface area contributed by atoms with Crippen molar-refractivity contribution in [3.05, 3.63) is 35.5 Å². The highest BCUT2D eigenvalue weighted by atomic mass is 15.0. The summed E-state index contributed by atoms with van der Waals surface area (Å²) in [4.78, 5) is 3.69. The quantitative estimate of drug-likeness (QED) is 0.826. The maximum absolute atomic E-state index is 3.94. The van der Waals surface area contributed by atoms with Crippen molar-refractivity contribution in [2.45, 2.75) is 63.5 Å². The first-order chi connectivity index (χ1) is 9.92. The molecule has 0 radical (unpaired) electrons. The highest BCUT2D eigenvalue weighted by molar-refractivity contribution is 5.85. The summed E-state index contributed by atoms with van der Waals surface area (Å²) in [5.74, 6) is 0. The molecule has 1 heterocycles. The molecule has 0 spiro atoms. The van der Waals surface area contributed by atoms with Crippen LogP contribution in [0.4, 0.5) is 0 Å². The smallest absolute Gasteiger partial charge is 0.0478 e. The number of aromatic amines is 1. The molecule has 2 N–H and O–H groups in total. The van der Waals surface area contributed by atoms with Crippen LogP contribution in [0.5, 0.6) is 0 Å². The molecule has 2 heteroatoms. The Labute approximate surface area is 121 Å². The molecule has 1 fully saturated rings. The van der Waals surface area contributed by atoms with Gasteiger partial charge in [-0.1, -0.05) is 37.5 Å². The molecule has 0 bridgehead atoms. The summed E-state index contributed by atoms with van der Waals surface area (Å²) in [6, 6.07) is 10.1. The summed E-state index contributed by atoms with van der Waals surface area (Å²) in [5.41, 5.74) is 4.36. The van der Waals surface area contributed by atoms with Gasteiger partial charge in [0, 0.05) is 28.7 Å². The Morgan fingerprint density at radius 2 is 1.80 bits per heavy atom. The molecule has 2 aromatic rings. The predicted molar refractivity (Wildman–Crippen MR) is 84.0 cm³/mol. The first kappa shape index (κ1) is 12.5. The Balaban J connectivity index is 1.63. The van der Waals surface area contributed by atoms with E-state index in [2.05, 4.69) is 34.6 Å². The van der Waals surface area contributed by atoms with E-state index in [-0.39, 0.29) is 0 Å². The number of hydrogen-bond donors (Lipinski definition) is 2. The molecule has 1 aromatic heterocycles. The second-order valence-electron chi connectivity index (χ2n) is 6.51. The fourth-order valence-electron chi connectivity index (χ4n) is 4.14. The third kappa shape index (κ3) is 2.16. The van der Waals surface area contributed by atoms with Crippen molar-refractivity contribution in [3.8, 4) is 0 Å². The summed E-state index contributed by atoms with van der Waals surface area (Å²) in [6.45, 7) is 0. The van der Waals surface area contributed by atoms with Crippen LogP contribution < -0.4 is 5.32 Å². The SMILES string of the molecule is c1ccc2c3c([nH]c2c1)C(NC1CCCCC1)CCC3. The number of rotatable bonds is 2. The van der Waals surface area contributed by atoms with Crippen LogP contribution in [0.2, 0.25) is 0 Å². The third-order valence-electron chi connectivity index (χ3n) is 5.16. The molecule has 1 aromatic carbocycles. The van der Waals surface area contributed by atoms with Crippen molar-refractivity contribution in [3.63, 3.8) is 0 Å². The Kier molecular flexibility index (Phi) is 3.27. The molecule has 2 aliphatic carbocycles. The summed E-state index contributed by atoms with van der Waals surface area (Å²) in [5, 5.41) is 5.39. The second kappa shape index (κ2) is 5.25. The number of H-pyrrole nitrogens is 1. The van der Waals surface area contributed by atoms with E-state index in [1.165, 1.54) is 68.0 Å². The monoisotopic (exact) mass is 268 g/mol. The number of fused-ring (bicyclic) bond motifs is 3. The third-order valence-corrected chi connectivity index (χ3v) is 5.16. The minimum absolute atomic E-state index is 0.550. The van der Waals surface area contributed by atoms with Crippen molar-refractivity contribution < 1.29 is 0 Å². The molecule has 1 atom stereocenters. The lowest BCUT2D eigenvalue weighted by Gasteiger charge is -2.31. The van der Waals surface area contributed by atoms with Gasteiger partial charge in [0.15, 0.2) is 0 Å². The van der Waals surface area contributed by atoms with E-state index < -0.39 is 0 Å². The molecule has 0 amide bonds. The topological polar surface area (TPSA) is 27.8 Å². The highest BCUT2D eigenvalue weighted by Crippen LogP contribution is 2.35. The van der Waals surface area contributed by atoms with E-state index in [1.54, 1.807) is 5.56 Å². The van der Waals surface area contributed by atoms with Crippen LogP contribution in [0.1, 0.15) is 62.2 Å². The van der Waals surface area contributed by atoms with Crippen molar-refractivity contribution in [2.75, 3.05) is 0 Å². The van der Waals surface area contributed by atoms with Gasteiger partial charge in [0.05, 0.1) is 0 Å². The molecule has 0 saturated heterocycles. The van der Waals surface area contributed by atoms with E-state index in [0.29, 0.717) is 6.04 Å². The maximum atomic E-state index is 3.94. The maximum Gasteiger partial charge on any atom is 0.0478 e. The molecular weight excluding hydrogens is 244 g/mol. The van der Waals surface area contributed by atoms with Gasteiger partial charge in [-0.25, -0.2) is 0 Å². The number of nitrogens with one attached hydrogen (secondary N) is 2. The molecule has 2 nitrogen and oxygen atoms in total. The molecule has 106 valence electrons. The first-order valence-electron chi connectivity index (χ1n) is 8.27. The molecule has 2 aliphatic rings. The summed E-state index contributed by atoms with van der Waals surface area (Å²) in [6.07, 6.45) is 10.8. The van der Waals surface area contributed by atoms with Gasteiger partial charge < -0.3 is 10.3 Å². The number of para-hydroxylation sites is 1. The van der Waals surface area contributed by atoms with Gasteiger partial charge in [-0.15, -0.1) is 0 Å². The van der Waals surface area contributed by atoms with Gasteiger partial charge in [-0.3, -0.25) is 0 Å². The van der Waals surface area contributed by atoms with Crippen LogP contribution in [-0.2, 0) is 6.42 Å². The minimum Gasteiger partial charge on any atom is -0.357 e. The predicted octanol–water partition coefficient (Wildman–Crippen LogP) is 4.47. The average Bonchev–Trinajstić information content (AvgIpc) is 2.88. The second-order valence-corrected chi connectivity index (χ2v) is 6.51. The van der Waals surface area contributed by atoms with Crippen LogP contribution in [0.25, 0.3) is 10.9 Å².